The van der Waals surface area contributed by atoms with Crippen molar-refractivity contribution < 1.29 is 0 Å². The number of likely N-dealkylation sites (tertiary alicyclic amines) is 1. The van der Waals surface area contributed by atoms with Gasteiger partial charge in [0, 0.05) is 18.3 Å². The van der Waals surface area contributed by atoms with Crippen LogP contribution in [0.4, 0.5) is 5.69 Å². The van der Waals surface area contributed by atoms with Crippen molar-refractivity contribution in [1.29, 1.82) is 0 Å². The number of hydrogen-bond donors (Lipinski definition) is 1. The lowest BCUT2D eigenvalue weighted by Gasteiger charge is -2.38. The molecule has 0 amide bonds. The lowest BCUT2D eigenvalue weighted by molar-refractivity contribution is 0.129. The third-order valence-electron chi connectivity index (χ3n) is 4.53. The predicted octanol–water partition coefficient (Wildman–Crippen LogP) is 3.15. The molecule has 0 radical (unpaired) electrons. The number of fused-ring (bicyclic) bond motifs is 1. The van der Waals surface area contributed by atoms with Crippen LogP contribution in [0.2, 0.25) is 0 Å². The van der Waals surface area contributed by atoms with E-state index in [0.717, 1.165) is 0 Å². The quantitative estimate of drug-likeness (QED) is 0.860. The van der Waals surface area contributed by atoms with E-state index in [0.29, 0.717) is 11.5 Å². The van der Waals surface area contributed by atoms with Gasteiger partial charge in [0.15, 0.2) is 0 Å². The van der Waals surface area contributed by atoms with E-state index in [9.17, 15) is 0 Å². The van der Waals surface area contributed by atoms with Gasteiger partial charge in [0.25, 0.3) is 0 Å². The summed E-state index contributed by atoms with van der Waals surface area (Å²) in [5.41, 5.74) is 3.39. The number of benzene rings is 1. The first kappa shape index (κ1) is 12.0. The molecule has 98 valence electrons. The van der Waals surface area contributed by atoms with Crippen LogP contribution >= 0.6 is 0 Å². The van der Waals surface area contributed by atoms with Crippen molar-refractivity contribution in [3.8, 4) is 0 Å². The van der Waals surface area contributed by atoms with Crippen LogP contribution in [0, 0.1) is 5.41 Å². The molecule has 18 heavy (non-hydrogen) atoms. The number of nitrogens with zero attached hydrogens (tertiary/aromatic N) is 1. The van der Waals surface area contributed by atoms with Gasteiger partial charge in [-0.25, -0.2) is 0 Å². The monoisotopic (exact) mass is 244 g/mol. The van der Waals surface area contributed by atoms with Crippen molar-refractivity contribution in [3.63, 3.8) is 0 Å². The largest absolute Gasteiger partial charge is 0.380 e. The summed E-state index contributed by atoms with van der Waals surface area (Å²) in [4.78, 5) is 2.63. The minimum Gasteiger partial charge on any atom is -0.380 e. The molecule has 0 aliphatic carbocycles. The van der Waals surface area contributed by atoms with Crippen LogP contribution in [0.5, 0.6) is 0 Å². The molecular formula is C16H24N2. The minimum atomic E-state index is 0.558. The van der Waals surface area contributed by atoms with Crippen molar-refractivity contribution in [2.75, 3.05) is 25.0 Å². The first-order chi connectivity index (χ1) is 8.62. The van der Waals surface area contributed by atoms with Gasteiger partial charge in [0.2, 0.25) is 0 Å². The standard InChI is InChI=1S/C16H24N2/c1-16(2)7-9-18(10-8-16)12-14-11-13-5-3-4-6-15(13)17-14/h3-6,14,17H,7-12H2,1-2H3. The summed E-state index contributed by atoms with van der Waals surface area (Å²) in [5, 5.41) is 3.66. The highest BCUT2D eigenvalue weighted by atomic mass is 15.2. The Labute approximate surface area is 110 Å². The highest BCUT2D eigenvalue weighted by Gasteiger charge is 2.28. The Balaban J connectivity index is 1.54. The van der Waals surface area contributed by atoms with Crippen LogP contribution in [-0.4, -0.2) is 30.6 Å². The summed E-state index contributed by atoms with van der Waals surface area (Å²) in [7, 11) is 0. The fraction of sp³-hybridized carbons (Fsp3) is 0.625. The molecule has 2 aliphatic heterocycles. The average molecular weight is 244 g/mol. The van der Waals surface area contributed by atoms with Crippen LogP contribution in [-0.2, 0) is 6.42 Å². The van der Waals surface area contributed by atoms with E-state index >= 15 is 0 Å². The van der Waals surface area contributed by atoms with Crippen molar-refractivity contribution in [2.24, 2.45) is 5.41 Å². The molecule has 0 aromatic heterocycles. The van der Waals surface area contributed by atoms with Crippen molar-refractivity contribution in [2.45, 2.75) is 39.2 Å². The maximum Gasteiger partial charge on any atom is 0.0429 e. The van der Waals surface area contributed by atoms with E-state index in [1.807, 2.05) is 0 Å². The lowest BCUT2D eigenvalue weighted by atomic mass is 9.82. The molecule has 2 heterocycles. The second-order valence-corrected chi connectivity index (χ2v) is 6.67. The molecule has 3 rings (SSSR count). The maximum absolute atomic E-state index is 3.66. The molecule has 2 nitrogen and oxygen atoms in total. The second kappa shape index (κ2) is 4.58. The number of hydrogen-bond acceptors (Lipinski definition) is 2. The van der Waals surface area contributed by atoms with Gasteiger partial charge in [-0.15, -0.1) is 0 Å². The van der Waals surface area contributed by atoms with Gasteiger partial charge in [-0.05, 0) is 49.4 Å². The predicted molar refractivity (Wildman–Crippen MR) is 77.0 cm³/mol. The Morgan fingerprint density at radius 2 is 1.94 bits per heavy atom. The molecule has 1 unspecified atom stereocenters. The number of anilines is 1. The van der Waals surface area contributed by atoms with Gasteiger partial charge in [-0.2, -0.15) is 0 Å². The first-order valence-corrected chi connectivity index (χ1v) is 7.19. The van der Waals surface area contributed by atoms with Crippen LogP contribution in [0.15, 0.2) is 24.3 Å². The van der Waals surface area contributed by atoms with E-state index in [1.54, 1.807) is 0 Å². The van der Waals surface area contributed by atoms with Gasteiger partial charge >= 0.3 is 0 Å². The molecule has 1 N–H and O–H groups in total. The first-order valence-electron chi connectivity index (χ1n) is 7.19. The Hall–Kier alpha value is -1.02. The fourth-order valence-electron chi connectivity index (χ4n) is 3.14. The molecular weight excluding hydrogens is 220 g/mol. The van der Waals surface area contributed by atoms with E-state index in [4.69, 9.17) is 0 Å². The summed E-state index contributed by atoms with van der Waals surface area (Å²) in [6.45, 7) is 8.52. The summed E-state index contributed by atoms with van der Waals surface area (Å²) >= 11 is 0. The van der Waals surface area contributed by atoms with E-state index in [2.05, 4.69) is 48.3 Å². The molecule has 0 bridgehead atoms. The number of nitrogens with one attached hydrogen (secondary N) is 1. The van der Waals surface area contributed by atoms with Crippen LogP contribution in [0.1, 0.15) is 32.3 Å². The van der Waals surface area contributed by atoms with E-state index < -0.39 is 0 Å². The Morgan fingerprint density at radius 3 is 2.67 bits per heavy atom. The third kappa shape index (κ3) is 2.54. The normalized spacial score (nSPS) is 26.7. The van der Waals surface area contributed by atoms with Crippen LogP contribution < -0.4 is 5.32 Å². The Morgan fingerprint density at radius 1 is 1.22 bits per heavy atom. The Kier molecular flexibility index (Phi) is 3.06. The number of rotatable bonds is 2. The molecule has 1 atom stereocenters. The molecule has 1 fully saturated rings. The molecule has 2 aliphatic rings. The zero-order chi connectivity index (χ0) is 12.6. The van der Waals surface area contributed by atoms with Gasteiger partial charge < -0.3 is 10.2 Å². The molecule has 0 spiro atoms. The summed E-state index contributed by atoms with van der Waals surface area (Å²) in [6, 6.07) is 9.34. The minimum absolute atomic E-state index is 0.558. The van der Waals surface area contributed by atoms with Crippen molar-refractivity contribution in [1.82, 2.24) is 4.90 Å². The molecule has 1 aromatic carbocycles. The molecule has 1 aromatic rings. The smallest absolute Gasteiger partial charge is 0.0429 e. The summed E-state index contributed by atoms with van der Waals surface area (Å²) in [6.07, 6.45) is 3.87. The molecule has 0 saturated carbocycles. The topological polar surface area (TPSA) is 15.3 Å². The number of para-hydroxylation sites is 1. The van der Waals surface area contributed by atoms with Crippen LogP contribution in [0.25, 0.3) is 0 Å². The molecule has 2 heteroatoms. The summed E-state index contributed by atoms with van der Waals surface area (Å²) < 4.78 is 0. The fourth-order valence-corrected chi connectivity index (χ4v) is 3.14. The zero-order valence-electron chi connectivity index (χ0n) is 11.6. The lowest BCUT2D eigenvalue weighted by Crippen LogP contribution is -2.42. The highest BCUT2D eigenvalue weighted by Crippen LogP contribution is 2.31. The van der Waals surface area contributed by atoms with Crippen LogP contribution in [0.3, 0.4) is 0 Å². The van der Waals surface area contributed by atoms with Gasteiger partial charge in [0.1, 0.15) is 0 Å². The summed E-state index contributed by atoms with van der Waals surface area (Å²) in [5.74, 6) is 0. The SMILES string of the molecule is CC1(C)CCN(CC2Cc3ccccc3N2)CC1. The second-order valence-electron chi connectivity index (χ2n) is 6.67. The number of piperidine rings is 1. The Bertz CT molecular complexity index is 390. The van der Waals surface area contributed by atoms with Crippen molar-refractivity contribution in [3.05, 3.63) is 29.8 Å². The molecule has 1 saturated heterocycles. The van der Waals surface area contributed by atoms with Crippen molar-refractivity contribution >= 4 is 5.69 Å². The van der Waals surface area contributed by atoms with Gasteiger partial charge in [0.05, 0.1) is 0 Å². The van der Waals surface area contributed by atoms with Gasteiger partial charge in [-0.1, -0.05) is 32.0 Å². The average Bonchev–Trinajstić information content (AvgIpc) is 2.74. The third-order valence-corrected chi connectivity index (χ3v) is 4.53. The van der Waals surface area contributed by atoms with Gasteiger partial charge in [-0.3, -0.25) is 0 Å². The highest BCUT2D eigenvalue weighted by molar-refractivity contribution is 5.56. The van der Waals surface area contributed by atoms with E-state index in [1.165, 1.54) is 50.1 Å². The maximum atomic E-state index is 3.66. The van der Waals surface area contributed by atoms with E-state index in [-0.39, 0.29) is 0 Å². The zero-order valence-corrected chi connectivity index (χ0v) is 11.6.